The molecule has 4 aliphatic rings. The Bertz CT molecular complexity index is 949. The van der Waals surface area contributed by atoms with Gasteiger partial charge in [0.25, 0.3) is 0 Å². The summed E-state index contributed by atoms with van der Waals surface area (Å²) in [5.74, 6) is -0.0912. The first-order valence-corrected chi connectivity index (χ1v) is 11.9. The van der Waals surface area contributed by atoms with Gasteiger partial charge in [0.1, 0.15) is 12.1 Å². The van der Waals surface area contributed by atoms with E-state index in [1.165, 1.54) is 5.56 Å². The summed E-state index contributed by atoms with van der Waals surface area (Å²) in [6.07, 6.45) is 3.77. The molecule has 6 atom stereocenters. The van der Waals surface area contributed by atoms with Crippen LogP contribution in [0.1, 0.15) is 57.6 Å². The number of aliphatic carboxylic acids is 1. The van der Waals surface area contributed by atoms with Gasteiger partial charge in [0.2, 0.25) is 0 Å². The molecule has 0 aromatic heterocycles. The molecule has 0 radical (unpaired) electrons. The van der Waals surface area contributed by atoms with Crippen LogP contribution in [-0.4, -0.2) is 71.6 Å². The SMILES string of the molecule is CCC(C)(C)[C@H](N[C@@H]1CC[C@@]2(OC)C3Cc4ccc(O)c5c4[C@@]2(CCN3C)[C@H]1O5)C(=O)O. The van der Waals surface area contributed by atoms with Crippen molar-refractivity contribution in [3.63, 3.8) is 0 Å². The minimum atomic E-state index is -0.832. The summed E-state index contributed by atoms with van der Waals surface area (Å²) in [5.41, 5.74) is 1.08. The van der Waals surface area contributed by atoms with Gasteiger partial charge in [0.15, 0.2) is 11.5 Å². The fraction of sp³-hybridized carbons (Fsp3) is 0.720. The molecule has 1 aromatic carbocycles. The average Bonchev–Trinajstić information content (AvgIpc) is 3.12. The van der Waals surface area contributed by atoms with Crippen molar-refractivity contribution in [3.8, 4) is 11.5 Å². The Morgan fingerprint density at radius 1 is 1.41 bits per heavy atom. The highest BCUT2D eigenvalue weighted by atomic mass is 16.5. The van der Waals surface area contributed by atoms with Gasteiger partial charge in [-0.3, -0.25) is 10.1 Å². The Hall–Kier alpha value is -1.83. The summed E-state index contributed by atoms with van der Waals surface area (Å²) >= 11 is 0. The van der Waals surface area contributed by atoms with Crippen molar-refractivity contribution in [2.75, 3.05) is 20.7 Å². The van der Waals surface area contributed by atoms with E-state index < -0.39 is 28.4 Å². The summed E-state index contributed by atoms with van der Waals surface area (Å²) in [5, 5.41) is 24.3. The number of carboxylic acids is 1. The molecule has 7 heteroatoms. The summed E-state index contributed by atoms with van der Waals surface area (Å²) in [7, 11) is 3.98. The van der Waals surface area contributed by atoms with Crippen LogP contribution in [0, 0.1) is 5.41 Å². The van der Waals surface area contributed by atoms with E-state index in [0.717, 1.165) is 44.2 Å². The minimum Gasteiger partial charge on any atom is -0.504 e. The van der Waals surface area contributed by atoms with E-state index in [1.54, 1.807) is 6.07 Å². The molecule has 2 fully saturated rings. The van der Waals surface area contributed by atoms with Crippen molar-refractivity contribution >= 4 is 5.97 Å². The highest BCUT2D eigenvalue weighted by molar-refractivity contribution is 5.74. The highest BCUT2D eigenvalue weighted by Crippen LogP contribution is 2.66. The Morgan fingerprint density at radius 3 is 2.81 bits per heavy atom. The standard InChI is InChI=1S/C25H36N2O5/c1-6-23(2,3)20(22(29)30)26-15-9-10-25(31-5)17-13-14-7-8-16(28)19-18(14)24(25,21(15)32-19)11-12-27(17)4/h7-8,15,17,20-21,26,28H,6,9-13H2,1-5H3,(H,29,30)/t15-,17?,20-,21+,24+,25-/m1/s1. The summed E-state index contributed by atoms with van der Waals surface area (Å²) in [4.78, 5) is 14.7. The third kappa shape index (κ3) is 2.56. The molecule has 1 saturated carbocycles. The number of hydrogen-bond donors (Lipinski definition) is 3. The quantitative estimate of drug-likeness (QED) is 0.621. The maximum absolute atomic E-state index is 12.3. The van der Waals surface area contributed by atoms with Crippen LogP contribution in [0.2, 0.25) is 0 Å². The number of phenolic OH excluding ortho intramolecular Hbond substituents is 1. The van der Waals surface area contributed by atoms with Gasteiger partial charge >= 0.3 is 5.97 Å². The van der Waals surface area contributed by atoms with Crippen molar-refractivity contribution in [2.24, 2.45) is 5.41 Å². The molecule has 1 aromatic rings. The van der Waals surface area contributed by atoms with Gasteiger partial charge in [-0.25, -0.2) is 0 Å². The summed E-state index contributed by atoms with van der Waals surface area (Å²) in [6.45, 7) is 6.95. The summed E-state index contributed by atoms with van der Waals surface area (Å²) < 4.78 is 13.1. The van der Waals surface area contributed by atoms with E-state index in [4.69, 9.17) is 9.47 Å². The lowest BCUT2D eigenvalue weighted by Gasteiger charge is -2.65. The fourth-order valence-electron chi connectivity index (χ4n) is 7.36. The Balaban J connectivity index is 1.64. The first-order valence-electron chi connectivity index (χ1n) is 11.9. The van der Waals surface area contributed by atoms with Crippen molar-refractivity contribution in [2.45, 2.75) is 88.1 Å². The Morgan fingerprint density at radius 2 is 2.16 bits per heavy atom. The van der Waals surface area contributed by atoms with E-state index in [1.807, 2.05) is 33.9 Å². The van der Waals surface area contributed by atoms with Crippen LogP contribution in [0.25, 0.3) is 0 Å². The van der Waals surface area contributed by atoms with Gasteiger partial charge in [-0.1, -0.05) is 26.8 Å². The van der Waals surface area contributed by atoms with Crippen LogP contribution >= 0.6 is 0 Å². The lowest BCUT2D eigenvalue weighted by Crippen LogP contribution is -2.78. The van der Waals surface area contributed by atoms with Gasteiger partial charge in [-0.15, -0.1) is 0 Å². The second-order valence-corrected chi connectivity index (χ2v) is 10.9. The molecule has 2 heterocycles. The molecule has 1 unspecified atom stereocenters. The third-order valence-electron chi connectivity index (χ3n) is 9.37. The maximum atomic E-state index is 12.3. The van der Waals surface area contributed by atoms with E-state index >= 15 is 0 Å². The normalized spacial score (nSPS) is 36.3. The van der Waals surface area contributed by atoms with E-state index in [0.29, 0.717) is 5.75 Å². The number of methoxy groups -OCH3 is 1. The number of rotatable bonds is 6. The van der Waals surface area contributed by atoms with Crippen LogP contribution in [0.4, 0.5) is 0 Å². The molecule has 2 aliphatic carbocycles. The van der Waals surface area contributed by atoms with Gasteiger partial charge in [0.05, 0.1) is 11.0 Å². The average molecular weight is 445 g/mol. The van der Waals surface area contributed by atoms with Crippen LogP contribution in [0.5, 0.6) is 11.5 Å². The topological polar surface area (TPSA) is 91.3 Å². The van der Waals surface area contributed by atoms with Gasteiger partial charge in [-0.05, 0) is 62.7 Å². The Labute approximate surface area is 190 Å². The maximum Gasteiger partial charge on any atom is 0.321 e. The van der Waals surface area contributed by atoms with E-state index in [-0.39, 0.29) is 23.9 Å². The van der Waals surface area contributed by atoms with E-state index in [2.05, 4.69) is 17.3 Å². The number of likely N-dealkylation sites (tertiary alicyclic amines) is 1. The number of likely N-dealkylation sites (N-methyl/N-ethyl adjacent to an activating group) is 1. The number of carboxylic acid groups (broad SMARTS) is 1. The number of carbonyl (C=O) groups is 1. The number of phenols is 1. The van der Waals surface area contributed by atoms with Crippen molar-refractivity contribution < 1.29 is 24.5 Å². The van der Waals surface area contributed by atoms with Crippen LogP contribution in [0.15, 0.2) is 12.1 Å². The number of ether oxygens (including phenoxy) is 2. The molecule has 5 rings (SSSR count). The highest BCUT2D eigenvalue weighted by Gasteiger charge is 2.73. The van der Waals surface area contributed by atoms with E-state index in [9.17, 15) is 15.0 Å². The number of piperidine rings is 1. The number of benzene rings is 1. The van der Waals surface area contributed by atoms with Crippen LogP contribution in [-0.2, 0) is 21.4 Å². The zero-order valence-electron chi connectivity index (χ0n) is 19.8. The van der Waals surface area contributed by atoms with Gasteiger partial charge in [-0.2, -0.15) is 0 Å². The lowest BCUT2D eigenvalue weighted by molar-refractivity contribution is -0.204. The van der Waals surface area contributed by atoms with Crippen molar-refractivity contribution in [1.29, 1.82) is 0 Å². The Kier molecular flexibility index (Phi) is 4.87. The second-order valence-electron chi connectivity index (χ2n) is 10.9. The fourth-order valence-corrected chi connectivity index (χ4v) is 7.36. The molecule has 0 amide bonds. The molecule has 176 valence electrons. The zero-order chi connectivity index (χ0) is 23.1. The second kappa shape index (κ2) is 7.08. The number of nitrogens with zero attached hydrogens (tertiary/aromatic N) is 1. The first-order chi connectivity index (χ1) is 15.1. The van der Waals surface area contributed by atoms with Gasteiger partial charge in [0, 0.05) is 24.8 Å². The molecule has 2 bridgehead atoms. The molecular formula is C25H36N2O5. The lowest BCUT2D eigenvalue weighted by atomic mass is 9.48. The smallest absolute Gasteiger partial charge is 0.321 e. The molecule has 7 nitrogen and oxygen atoms in total. The number of hydrogen-bond acceptors (Lipinski definition) is 6. The molecule has 2 aliphatic heterocycles. The van der Waals surface area contributed by atoms with Crippen LogP contribution < -0.4 is 10.1 Å². The van der Waals surface area contributed by atoms with Crippen molar-refractivity contribution in [1.82, 2.24) is 10.2 Å². The third-order valence-corrected chi connectivity index (χ3v) is 9.37. The first kappa shape index (κ1) is 22.0. The molecule has 32 heavy (non-hydrogen) atoms. The monoisotopic (exact) mass is 444 g/mol. The molecule has 1 spiro atoms. The summed E-state index contributed by atoms with van der Waals surface area (Å²) in [6, 6.07) is 3.16. The predicted octanol–water partition coefficient (Wildman–Crippen LogP) is 2.68. The molecular weight excluding hydrogens is 408 g/mol. The number of aromatic hydroxyl groups is 1. The largest absolute Gasteiger partial charge is 0.504 e. The number of nitrogens with one attached hydrogen (secondary N) is 1. The molecule has 1 saturated heterocycles. The molecule has 3 N–H and O–H groups in total. The zero-order valence-corrected chi connectivity index (χ0v) is 19.8. The van der Waals surface area contributed by atoms with Gasteiger partial charge < -0.3 is 24.6 Å². The minimum absolute atomic E-state index is 0.146. The predicted molar refractivity (Wildman–Crippen MR) is 120 cm³/mol. The van der Waals surface area contributed by atoms with Crippen molar-refractivity contribution in [3.05, 3.63) is 23.3 Å². The van der Waals surface area contributed by atoms with Crippen LogP contribution in [0.3, 0.4) is 0 Å².